The van der Waals surface area contributed by atoms with Gasteiger partial charge in [0, 0.05) is 27.1 Å². The summed E-state index contributed by atoms with van der Waals surface area (Å²) in [6.07, 6.45) is 0.528. The van der Waals surface area contributed by atoms with E-state index in [4.69, 9.17) is 9.47 Å². The highest BCUT2D eigenvalue weighted by molar-refractivity contribution is 5.80. The molecule has 2 atom stereocenters. The molecule has 104 valence electrons. The van der Waals surface area contributed by atoms with Crippen LogP contribution in [0.25, 0.3) is 0 Å². The molecular formula is C11H19NO6. The predicted molar refractivity (Wildman–Crippen MR) is 60.7 cm³/mol. The molecule has 18 heavy (non-hydrogen) atoms. The van der Waals surface area contributed by atoms with Crippen LogP contribution < -0.4 is 5.32 Å². The van der Waals surface area contributed by atoms with Crippen LogP contribution in [0.2, 0.25) is 0 Å². The minimum Gasteiger partial charge on any atom is -0.468 e. The van der Waals surface area contributed by atoms with Gasteiger partial charge < -0.3 is 18.9 Å². The first-order chi connectivity index (χ1) is 8.51. The molecule has 0 spiro atoms. The number of piperidine rings is 1. The van der Waals surface area contributed by atoms with Crippen LogP contribution in [0.3, 0.4) is 0 Å². The lowest BCUT2D eigenvalue weighted by Gasteiger charge is -2.41. The van der Waals surface area contributed by atoms with Crippen LogP contribution in [-0.4, -0.2) is 58.2 Å². The average Bonchev–Trinajstić information content (AvgIpc) is 2.44. The Kier molecular flexibility index (Phi) is 5.06. The van der Waals surface area contributed by atoms with Crippen molar-refractivity contribution < 1.29 is 28.5 Å². The predicted octanol–water partition coefficient (Wildman–Crippen LogP) is -0.558. The number of carbonyl (C=O) groups is 2. The zero-order valence-electron chi connectivity index (χ0n) is 11.0. The van der Waals surface area contributed by atoms with E-state index < -0.39 is 29.8 Å². The summed E-state index contributed by atoms with van der Waals surface area (Å²) < 4.78 is 19.9. The molecular weight excluding hydrogens is 242 g/mol. The highest BCUT2D eigenvalue weighted by Crippen LogP contribution is 2.29. The van der Waals surface area contributed by atoms with Gasteiger partial charge in [-0.3, -0.25) is 14.9 Å². The molecule has 0 aromatic heterocycles. The number of esters is 2. The Morgan fingerprint density at radius 3 is 1.61 bits per heavy atom. The fourth-order valence-corrected chi connectivity index (χ4v) is 2.07. The molecule has 0 aromatic carbocycles. The van der Waals surface area contributed by atoms with Gasteiger partial charge in [-0.05, 0) is 0 Å². The first-order valence-electron chi connectivity index (χ1n) is 5.54. The van der Waals surface area contributed by atoms with Crippen LogP contribution in [0, 0.1) is 0 Å². The molecule has 7 nitrogen and oxygen atoms in total. The highest BCUT2D eigenvalue weighted by atomic mass is 16.7. The Morgan fingerprint density at radius 1 is 0.944 bits per heavy atom. The molecule has 1 fully saturated rings. The van der Waals surface area contributed by atoms with Crippen LogP contribution in [0.15, 0.2) is 0 Å². The molecule has 1 N–H and O–H groups in total. The molecule has 1 aliphatic heterocycles. The number of hydrogen-bond acceptors (Lipinski definition) is 7. The Balaban J connectivity index is 2.91. The van der Waals surface area contributed by atoms with E-state index in [9.17, 15) is 9.59 Å². The third-order valence-electron chi connectivity index (χ3n) is 3.15. The van der Waals surface area contributed by atoms with Gasteiger partial charge in [-0.2, -0.15) is 0 Å². The fraction of sp³-hybridized carbons (Fsp3) is 0.818. The van der Waals surface area contributed by atoms with Gasteiger partial charge in [-0.25, -0.2) is 0 Å². The van der Waals surface area contributed by atoms with Gasteiger partial charge in [0.15, 0.2) is 5.79 Å². The zero-order chi connectivity index (χ0) is 13.8. The number of ether oxygens (including phenoxy) is 4. The molecule has 7 heteroatoms. The monoisotopic (exact) mass is 261 g/mol. The van der Waals surface area contributed by atoms with Crippen molar-refractivity contribution in [2.75, 3.05) is 28.4 Å². The van der Waals surface area contributed by atoms with Gasteiger partial charge in [0.05, 0.1) is 14.2 Å². The Labute approximate surface area is 106 Å². The minimum atomic E-state index is -0.997. The van der Waals surface area contributed by atoms with Crippen LogP contribution in [0.4, 0.5) is 0 Å². The van der Waals surface area contributed by atoms with Crippen molar-refractivity contribution in [3.05, 3.63) is 0 Å². The Morgan fingerprint density at radius 2 is 1.33 bits per heavy atom. The van der Waals surface area contributed by atoms with Gasteiger partial charge >= 0.3 is 11.9 Å². The van der Waals surface area contributed by atoms with Gasteiger partial charge in [-0.1, -0.05) is 0 Å². The van der Waals surface area contributed by atoms with Crippen LogP contribution in [-0.2, 0) is 28.5 Å². The molecule has 0 bridgehead atoms. The molecule has 0 aromatic rings. The van der Waals surface area contributed by atoms with E-state index in [0.29, 0.717) is 0 Å². The van der Waals surface area contributed by atoms with Crippen molar-refractivity contribution in [1.82, 2.24) is 5.32 Å². The number of methoxy groups -OCH3 is 4. The third-order valence-corrected chi connectivity index (χ3v) is 3.15. The van der Waals surface area contributed by atoms with Gasteiger partial charge in [0.2, 0.25) is 0 Å². The summed E-state index contributed by atoms with van der Waals surface area (Å²) in [5.74, 6) is -1.94. The molecule has 1 heterocycles. The van der Waals surface area contributed by atoms with E-state index in [0.717, 1.165) is 0 Å². The maximum Gasteiger partial charge on any atom is 0.323 e. The first-order valence-corrected chi connectivity index (χ1v) is 5.54. The summed E-state index contributed by atoms with van der Waals surface area (Å²) in [7, 11) is 5.51. The van der Waals surface area contributed by atoms with Crippen LogP contribution in [0.1, 0.15) is 12.8 Å². The second kappa shape index (κ2) is 6.12. The fourth-order valence-electron chi connectivity index (χ4n) is 2.07. The van der Waals surface area contributed by atoms with Crippen LogP contribution >= 0.6 is 0 Å². The third kappa shape index (κ3) is 2.98. The number of carbonyl (C=O) groups excluding carboxylic acids is 2. The zero-order valence-corrected chi connectivity index (χ0v) is 11.0. The van der Waals surface area contributed by atoms with Crippen molar-refractivity contribution in [3.63, 3.8) is 0 Å². The van der Waals surface area contributed by atoms with Gasteiger partial charge in [0.25, 0.3) is 0 Å². The molecule has 1 saturated heterocycles. The smallest absolute Gasteiger partial charge is 0.323 e. The maximum absolute atomic E-state index is 11.6. The minimum absolute atomic E-state index is 0.264. The van der Waals surface area contributed by atoms with E-state index in [1.54, 1.807) is 0 Å². The molecule has 1 rings (SSSR count). The Hall–Kier alpha value is -1.18. The van der Waals surface area contributed by atoms with Crippen LogP contribution in [0.5, 0.6) is 0 Å². The normalized spacial score (nSPS) is 26.4. The summed E-state index contributed by atoms with van der Waals surface area (Å²) in [5.41, 5.74) is 0. The van der Waals surface area contributed by atoms with Crippen molar-refractivity contribution in [1.29, 1.82) is 0 Å². The number of hydrogen-bond donors (Lipinski definition) is 1. The van der Waals surface area contributed by atoms with Crippen molar-refractivity contribution >= 4 is 11.9 Å². The average molecular weight is 261 g/mol. The molecule has 0 unspecified atom stereocenters. The standard InChI is InChI=1S/C11H19NO6/c1-15-9(13)7-5-11(17-3,18-4)6-8(12-7)10(14)16-2/h7-8,12H,5-6H2,1-4H3/t7-,8+. The lowest BCUT2D eigenvalue weighted by molar-refractivity contribution is -0.234. The second-order valence-electron chi connectivity index (χ2n) is 4.05. The molecule has 0 radical (unpaired) electrons. The first kappa shape index (κ1) is 14.9. The van der Waals surface area contributed by atoms with Crippen molar-refractivity contribution in [3.8, 4) is 0 Å². The number of rotatable bonds is 4. The van der Waals surface area contributed by atoms with E-state index in [-0.39, 0.29) is 12.8 Å². The van der Waals surface area contributed by atoms with Crippen molar-refractivity contribution in [2.45, 2.75) is 30.7 Å². The molecule has 0 saturated carbocycles. The van der Waals surface area contributed by atoms with E-state index in [1.165, 1.54) is 28.4 Å². The summed E-state index contributed by atoms with van der Waals surface area (Å²) in [6, 6.07) is -1.35. The van der Waals surface area contributed by atoms with E-state index in [1.807, 2.05) is 0 Å². The van der Waals surface area contributed by atoms with E-state index in [2.05, 4.69) is 14.8 Å². The lowest BCUT2D eigenvalue weighted by atomic mass is 9.92. The molecule has 0 aliphatic carbocycles. The summed E-state index contributed by atoms with van der Waals surface area (Å²) in [4.78, 5) is 23.2. The summed E-state index contributed by atoms with van der Waals surface area (Å²) in [6.45, 7) is 0. The number of nitrogens with one attached hydrogen (secondary N) is 1. The largest absolute Gasteiger partial charge is 0.468 e. The summed E-state index contributed by atoms with van der Waals surface area (Å²) in [5, 5.41) is 2.87. The maximum atomic E-state index is 11.6. The summed E-state index contributed by atoms with van der Waals surface area (Å²) >= 11 is 0. The highest BCUT2D eigenvalue weighted by Gasteiger charge is 2.46. The Bertz CT molecular complexity index is 289. The van der Waals surface area contributed by atoms with Gasteiger partial charge in [-0.15, -0.1) is 0 Å². The van der Waals surface area contributed by atoms with Crippen molar-refractivity contribution in [2.24, 2.45) is 0 Å². The topological polar surface area (TPSA) is 83.1 Å². The van der Waals surface area contributed by atoms with E-state index >= 15 is 0 Å². The molecule has 0 amide bonds. The molecule has 1 aliphatic rings. The van der Waals surface area contributed by atoms with Gasteiger partial charge in [0.1, 0.15) is 12.1 Å². The SMILES string of the molecule is COC(=O)[C@@H]1CC(OC)(OC)C[C@H](C(=O)OC)N1. The lowest BCUT2D eigenvalue weighted by Crippen LogP contribution is -2.60. The second-order valence-corrected chi connectivity index (χ2v) is 4.05. The quantitative estimate of drug-likeness (QED) is 0.536.